The fourth-order valence-corrected chi connectivity index (χ4v) is 3.44. The predicted molar refractivity (Wildman–Crippen MR) is 120 cm³/mol. The summed E-state index contributed by atoms with van der Waals surface area (Å²) in [5.74, 6) is 0. The summed E-state index contributed by atoms with van der Waals surface area (Å²) in [7, 11) is 2.20. The second-order valence-corrected chi connectivity index (χ2v) is 7.77. The van der Waals surface area contributed by atoms with Crippen LogP contribution in [0.3, 0.4) is 0 Å². The molecule has 0 rings (SSSR count). The Bertz CT molecular complexity index is 317. The second kappa shape index (κ2) is 20.0. The van der Waals surface area contributed by atoms with Crippen LogP contribution in [0.4, 0.5) is 0 Å². The second-order valence-electron chi connectivity index (χ2n) is 7.77. The van der Waals surface area contributed by atoms with E-state index >= 15 is 0 Å². The van der Waals surface area contributed by atoms with Gasteiger partial charge < -0.3 is 25.7 Å². The molecule has 0 aliphatic carbocycles. The molecule has 0 aliphatic rings. The van der Waals surface area contributed by atoms with E-state index in [0.717, 1.165) is 97.8 Å². The summed E-state index contributed by atoms with van der Waals surface area (Å²) in [5.41, 5.74) is 5.58. The van der Waals surface area contributed by atoms with Gasteiger partial charge in [0.1, 0.15) is 0 Å². The molecule has 0 aromatic rings. The number of hydrogen-bond donors (Lipinski definition) is 3. The van der Waals surface area contributed by atoms with Crippen molar-refractivity contribution in [3.63, 3.8) is 0 Å². The number of rotatable bonds is 21. The van der Waals surface area contributed by atoms with Crippen LogP contribution in [-0.4, -0.2) is 129 Å². The fourth-order valence-electron chi connectivity index (χ4n) is 3.44. The average Bonchev–Trinajstić information content (AvgIpc) is 2.68. The van der Waals surface area contributed by atoms with Crippen LogP contribution < -0.4 is 5.73 Å². The molecular weight excluding hydrogens is 354 g/mol. The summed E-state index contributed by atoms with van der Waals surface area (Å²) in [5, 5.41) is 18.7. The highest BCUT2D eigenvalue weighted by atomic mass is 16.3. The highest BCUT2D eigenvalue weighted by molar-refractivity contribution is 4.68. The van der Waals surface area contributed by atoms with Crippen molar-refractivity contribution in [2.24, 2.45) is 5.73 Å². The molecule has 0 aromatic heterocycles. The van der Waals surface area contributed by atoms with Gasteiger partial charge in [0.15, 0.2) is 0 Å². The first-order chi connectivity index (χ1) is 13.6. The number of hydrogen-bond acceptors (Lipinski definition) is 7. The minimum Gasteiger partial charge on any atom is -0.395 e. The Kier molecular flexibility index (Phi) is 19.8. The molecule has 0 radical (unpaired) electrons. The molecule has 28 heavy (non-hydrogen) atoms. The first-order valence-electron chi connectivity index (χ1n) is 11.4. The lowest BCUT2D eigenvalue weighted by molar-refractivity contribution is 0.135. The van der Waals surface area contributed by atoms with Crippen LogP contribution in [0.1, 0.15) is 39.5 Å². The predicted octanol–water partition coefficient (Wildman–Crippen LogP) is 0.368. The lowest BCUT2D eigenvalue weighted by Crippen LogP contribution is -2.43. The Hall–Kier alpha value is -0.280. The molecule has 7 nitrogen and oxygen atoms in total. The van der Waals surface area contributed by atoms with Gasteiger partial charge in [0.2, 0.25) is 0 Å². The van der Waals surface area contributed by atoms with Gasteiger partial charge in [0.05, 0.1) is 13.2 Å². The average molecular weight is 404 g/mol. The van der Waals surface area contributed by atoms with E-state index in [1.165, 1.54) is 6.42 Å². The van der Waals surface area contributed by atoms with E-state index in [2.05, 4.69) is 40.5 Å². The third-order valence-corrected chi connectivity index (χ3v) is 5.17. The number of likely N-dealkylation sites (N-methyl/N-ethyl adjacent to an activating group) is 1. The van der Waals surface area contributed by atoms with Gasteiger partial charge in [-0.05, 0) is 58.9 Å². The zero-order chi connectivity index (χ0) is 21.0. The number of unbranched alkanes of at least 4 members (excludes halogenated alkanes) is 1. The summed E-state index contributed by atoms with van der Waals surface area (Å²) in [6.45, 7) is 16.4. The molecule has 0 spiro atoms. The van der Waals surface area contributed by atoms with E-state index < -0.39 is 0 Å². The lowest BCUT2D eigenvalue weighted by atomic mass is 10.3. The summed E-state index contributed by atoms with van der Waals surface area (Å²) in [6, 6.07) is 0. The minimum absolute atomic E-state index is 0.200. The molecule has 0 aliphatic heterocycles. The summed E-state index contributed by atoms with van der Waals surface area (Å²) in [6.07, 6.45) is 4.54. The van der Waals surface area contributed by atoms with Gasteiger partial charge in [-0.2, -0.15) is 0 Å². The Morgan fingerprint density at radius 2 is 1.00 bits per heavy atom. The molecule has 7 heteroatoms. The molecule has 0 heterocycles. The summed E-state index contributed by atoms with van der Waals surface area (Å²) >= 11 is 0. The highest BCUT2D eigenvalue weighted by Crippen LogP contribution is 1.99. The standard InChI is InChI=1S/C21H49N5O2/c1-4-9-24(13-12-23(3)11-7-6-8-22)14-16-26(19-21-28)17-15-25(10-5-2)18-20-27/h27-28H,4-22H2,1-3H3. The lowest BCUT2D eigenvalue weighted by Gasteiger charge is -2.30. The van der Waals surface area contributed by atoms with E-state index in [4.69, 9.17) is 5.73 Å². The van der Waals surface area contributed by atoms with E-state index in [1.807, 2.05) is 0 Å². The Morgan fingerprint density at radius 1 is 0.571 bits per heavy atom. The largest absolute Gasteiger partial charge is 0.395 e. The minimum atomic E-state index is 0.200. The van der Waals surface area contributed by atoms with E-state index in [0.29, 0.717) is 0 Å². The Labute approximate surface area is 174 Å². The molecule has 4 N–H and O–H groups in total. The highest BCUT2D eigenvalue weighted by Gasteiger charge is 2.11. The first kappa shape index (κ1) is 27.7. The Balaban J connectivity index is 4.34. The van der Waals surface area contributed by atoms with Crippen LogP contribution in [-0.2, 0) is 0 Å². The molecule has 0 fully saturated rings. The van der Waals surface area contributed by atoms with Gasteiger partial charge in [0.25, 0.3) is 0 Å². The zero-order valence-corrected chi connectivity index (χ0v) is 19.0. The van der Waals surface area contributed by atoms with Crippen LogP contribution in [0.2, 0.25) is 0 Å². The van der Waals surface area contributed by atoms with Crippen LogP contribution in [0, 0.1) is 0 Å². The molecule has 0 aromatic carbocycles. The van der Waals surface area contributed by atoms with Gasteiger partial charge in [-0.25, -0.2) is 0 Å². The Morgan fingerprint density at radius 3 is 1.43 bits per heavy atom. The van der Waals surface area contributed by atoms with E-state index in [9.17, 15) is 10.2 Å². The number of aliphatic hydroxyl groups is 2. The normalized spacial score (nSPS) is 12.2. The maximum absolute atomic E-state index is 9.43. The number of aliphatic hydroxyl groups excluding tert-OH is 2. The van der Waals surface area contributed by atoms with Crippen LogP contribution >= 0.6 is 0 Å². The molecule has 0 bridgehead atoms. The van der Waals surface area contributed by atoms with E-state index in [-0.39, 0.29) is 13.2 Å². The van der Waals surface area contributed by atoms with Gasteiger partial charge >= 0.3 is 0 Å². The zero-order valence-electron chi connectivity index (χ0n) is 19.0. The molecular formula is C21H49N5O2. The van der Waals surface area contributed by atoms with Crippen molar-refractivity contribution >= 4 is 0 Å². The van der Waals surface area contributed by atoms with Crippen molar-refractivity contribution in [1.82, 2.24) is 19.6 Å². The maximum atomic E-state index is 9.43. The van der Waals surface area contributed by atoms with Crippen LogP contribution in [0.25, 0.3) is 0 Å². The molecule has 170 valence electrons. The molecule has 0 amide bonds. The number of nitrogens with two attached hydrogens (primary N) is 1. The third kappa shape index (κ3) is 15.6. The van der Waals surface area contributed by atoms with Crippen molar-refractivity contribution in [3.8, 4) is 0 Å². The van der Waals surface area contributed by atoms with Crippen molar-refractivity contribution in [2.45, 2.75) is 39.5 Å². The van der Waals surface area contributed by atoms with E-state index in [1.54, 1.807) is 0 Å². The van der Waals surface area contributed by atoms with Gasteiger partial charge in [-0.3, -0.25) is 9.80 Å². The van der Waals surface area contributed by atoms with Crippen molar-refractivity contribution in [1.29, 1.82) is 0 Å². The smallest absolute Gasteiger partial charge is 0.0558 e. The summed E-state index contributed by atoms with van der Waals surface area (Å²) in [4.78, 5) is 9.61. The molecule has 0 atom stereocenters. The molecule has 0 saturated heterocycles. The quantitative estimate of drug-likeness (QED) is 0.239. The van der Waals surface area contributed by atoms with Crippen molar-refractivity contribution in [3.05, 3.63) is 0 Å². The fraction of sp³-hybridized carbons (Fsp3) is 1.00. The third-order valence-electron chi connectivity index (χ3n) is 5.17. The monoisotopic (exact) mass is 403 g/mol. The van der Waals surface area contributed by atoms with Crippen molar-refractivity contribution < 1.29 is 10.2 Å². The summed E-state index contributed by atoms with van der Waals surface area (Å²) < 4.78 is 0. The maximum Gasteiger partial charge on any atom is 0.0558 e. The van der Waals surface area contributed by atoms with Gasteiger partial charge in [0, 0.05) is 52.4 Å². The number of nitrogens with zero attached hydrogens (tertiary/aromatic N) is 4. The van der Waals surface area contributed by atoms with Crippen molar-refractivity contribution in [2.75, 3.05) is 98.8 Å². The van der Waals surface area contributed by atoms with Crippen LogP contribution in [0.5, 0.6) is 0 Å². The first-order valence-corrected chi connectivity index (χ1v) is 11.4. The van der Waals surface area contributed by atoms with Crippen LogP contribution in [0.15, 0.2) is 0 Å². The topological polar surface area (TPSA) is 79.4 Å². The van der Waals surface area contributed by atoms with Gasteiger partial charge in [-0.1, -0.05) is 13.8 Å². The SMILES string of the molecule is CCCN(CCO)CCN(CCO)CCN(CCC)CCN(C)CCCCN. The molecule has 0 saturated carbocycles. The molecule has 0 unspecified atom stereocenters. The van der Waals surface area contributed by atoms with Gasteiger partial charge in [-0.15, -0.1) is 0 Å².